The summed E-state index contributed by atoms with van der Waals surface area (Å²) in [6.07, 6.45) is 10.2. The standard InChI is InChI=1S/C29H31F3O3/c1-2-3-4-5-19-6-8-20(9-7-19)21-10-12-22(13-11-21)28(33)34-24-15-16-25-23(18-24)14-17-26(27(25)30)35-29(31)32/h10-20,29H,2-9H2,1H3. The third kappa shape index (κ3) is 6.36. The minimum atomic E-state index is -3.11. The Morgan fingerprint density at radius 2 is 1.71 bits per heavy atom. The van der Waals surface area contributed by atoms with Gasteiger partial charge in [-0.05, 0) is 84.9 Å². The molecular formula is C29H31F3O3. The van der Waals surface area contributed by atoms with Crippen molar-refractivity contribution in [2.24, 2.45) is 5.92 Å². The summed E-state index contributed by atoms with van der Waals surface area (Å²) in [7, 11) is 0. The van der Waals surface area contributed by atoms with E-state index in [1.807, 2.05) is 12.1 Å². The number of halogens is 3. The van der Waals surface area contributed by atoms with Crippen LogP contribution in [0.4, 0.5) is 13.2 Å². The summed E-state index contributed by atoms with van der Waals surface area (Å²) in [5.41, 5.74) is 1.70. The van der Waals surface area contributed by atoms with Crippen molar-refractivity contribution >= 4 is 16.7 Å². The molecule has 1 aliphatic carbocycles. The van der Waals surface area contributed by atoms with Crippen LogP contribution in [0.25, 0.3) is 10.8 Å². The van der Waals surface area contributed by atoms with Crippen molar-refractivity contribution in [2.75, 3.05) is 0 Å². The van der Waals surface area contributed by atoms with Crippen molar-refractivity contribution in [3.63, 3.8) is 0 Å². The van der Waals surface area contributed by atoms with Crippen LogP contribution in [-0.4, -0.2) is 12.6 Å². The maximum absolute atomic E-state index is 14.4. The molecule has 0 bridgehead atoms. The molecule has 1 aliphatic rings. The molecule has 0 saturated heterocycles. The van der Waals surface area contributed by atoms with E-state index in [1.165, 1.54) is 81.2 Å². The first-order chi connectivity index (χ1) is 16.9. The molecule has 0 amide bonds. The highest BCUT2D eigenvalue weighted by Crippen LogP contribution is 2.38. The van der Waals surface area contributed by atoms with Crippen LogP contribution in [0, 0.1) is 11.7 Å². The van der Waals surface area contributed by atoms with Crippen molar-refractivity contribution in [1.82, 2.24) is 0 Å². The zero-order valence-electron chi connectivity index (χ0n) is 19.9. The summed E-state index contributed by atoms with van der Waals surface area (Å²) in [4.78, 5) is 12.6. The summed E-state index contributed by atoms with van der Waals surface area (Å²) in [5, 5.41) is 0.516. The van der Waals surface area contributed by atoms with E-state index in [1.54, 1.807) is 12.1 Å². The summed E-state index contributed by atoms with van der Waals surface area (Å²) in [6, 6.07) is 14.5. The van der Waals surface area contributed by atoms with Crippen LogP contribution < -0.4 is 9.47 Å². The van der Waals surface area contributed by atoms with Crippen LogP contribution in [0.1, 0.15) is 80.1 Å². The quantitative estimate of drug-likeness (QED) is 0.173. The number of esters is 1. The second-order valence-electron chi connectivity index (χ2n) is 9.36. The molecule has 0 radical (unpaired) electrons. The van der Waals surface area contributed by atoms with Gasteiger partial charge in [0.25, 0.3) is 0 Å². The normalized spacial score (nSPS) is 18.1. The number of carbonyl (C=O) groups excluding carboxylic acids is 1. The fraction of sp³-hybridized carbons (Fsp3) is 0.414. The Kier molecular flexibility index (Phi) is 8.32. The molecule has 0 spiro atoms. The molecule has 186 valence electrons. The highest BCUT2D eigenvalue weighted by atomic mass is 19.3. The third-order valence-corrected chi connectivity index (χ3v) is 7.00. The summed E-state index contributed by atoms with van der Waals surface area (Å²) < 4.78 is 48.9. The minimum Gasteiger partial charge on any atom is -0.432 e. The summed E-state index contributed by atoms with van der Waals surface area (Å²) in [6.45, 7) is -0.871. The lowest BCUT2D eigenvalue weighted by Crippen LogP contribution is -2.14. The number of alkyl halides is 2. The van der Waals surface area contributed by atoms with Gasteiger partial charge in [-0.25, -0.2) is 9.18 Å². The molecular weight excluding hydrogens is 453 g/mol. The molecule has 0 heterocycles. The molecule has 1 fully saturated rings. The van der Waals surface area contributed by atoms with Crippen molar-refractivity contribution in [3.05, 3.63) is 71.5 Å². The monoisotopic (exact) mass is 484 g/mol. The predicted octanol–water partition coefficient (Wildman–Crippen LogP) is 8.65. The van der Waals surface area contributed by atoms with Crippen molar-refractivity contribution < 1.29 is 27.4 Å². The van der Waals surface area contributed by atoms with Crippen LogP contribution in [0.3, 0.4) is 0 Å². The average molecular weight is 485 g/mol. The third-order valence-electron chi connectivity index (χ3n) is 7.00. The Hall–Kier alpha value is -3.02. The Balaban J connectivity index is 1.36. The molecule has 35 heavy (non-hydrogen) atoms. The van der Waals surface area contributed by atoms with Gasteiger partial charge in [-0.15, -0.1) is 0 Å². The maximum Gasteiger partial charge on any atom is 0.387 e. The molecule has 0 N–H and O–H groups in total. The van der Waals surface area contributed by atoms with Gasteiger partial charge in [0.05, 0.1) is 5.56 Å². The number of benzene rings is 3. The molecule has 3 nitrogen and oxygen atoms in total. The van der Waals surface area contributed by atoms with Crippen LogP contribution in [0.5, 0.6) is 11.5 Å². The molecule has 0 aromatic heterocycles. The first-order valence-electron chi connectivity index (χ1n) is 12.4. The number of ether oxygens (including phenoxy) is 2. The predicted molar refractivity (Wildman–Crippen MR) is 131 cm³/mol. The van der Waals surface area contributed by atoms with E-state index in [0.717, 1.165) is 12.0 Å². The van der Waals surface area contributed by atoms with Crippen LogP contribution >= 0.6 is 0 Å². The lowest BCUT2D eigenvalue weighted by atomic mass is 9.77. The summed E-state index contributed by atoms with van der Waals surface area (Å²) >= 11 is 0. The molecule has 4 rings (SSSR count). The largest absolute Gasteiger partial charge is 0.432 e. The Bertz CT molecular complexity index is 1140. The lowest BCUT2D eigenvalue weighted by molar-refractivity contribution is -0.0520. The Labute approximate surface area is 204 Å². The first kappa shape index (κ1) is 25.1. The van der Waals surface area contributed by atoms with Crippen molar-refractivity contribution in [2.45, 2.75) is 70.8 Å². The van der Waals surface area contributed by atoms with Crippen LogP contribution in [0.2, 0.25) is 0 Å². The minimum absolute atomic E-state index is 0.104. The summed E-state index contributed by atoms with van der Waals surface area (Å²) in [5.74, 6) is -0.278. The SMILES string of the molecule is CCCCCC1CCC(c2ccc(C(=O)Oc3ccc4c(F)c(OC(F)F)ccc4c3)cc2)CC1. The second kappa shape index (κ2) is 11.6. The van der Waals surface area contributed by atoms with E-state index in [2.05, 4.69) is 11.7 Å². The van der Waals surface area contributed by atoms with E-state index in [-0.39, 0.29) is 11.1 Å². The number of hydrogen-bond acceptors (Lipinski definition) is 3. The molecule has 3 aromatic rings. The Morgan fingerprint density at radius 1 is 0.971 bits per heavy atom. The molecule has 3 aromatic carbocycles. The molecule has 1 saturated carbocycles. The lowest BCUT2D eigenvalue weighted by Gasteiger charge is -2.29. The van der Waals surface area contributed by atoms with Crippen molar-refractivity contribution in [1.29, 1.82) is 0 Å². The zero-order chi connectivity index (χ0) is 24.8. The maximum atomic E-state index is 14.4. The van der Waals surface area contributed by atoms with Gasteiger partial charge in [-0.2, -0.15) is 8.78 Å². The zero-order valence-corrected chi connectivity index (χ0v) is 19.9. The Morgan fingerprint density at radius 3 is 2.40 bits per heavy atom. The number of hydrogen-bond donors (Lipinski definition) is 0. The second-order valence-corrected chi connectivity index (χ2v) is 9.36. The van der Waals surface area contributed by atoms with E-state index < -0.39 is 24.1 Å². The number of unbranched alkanes of at least 4 members (excludes halogenated alkanes) is 2. The molecule has 0 atom stereocenters. The highest BCUT2D eigenvalue weighted by molar-refractivity contribution is 5.92. The fourth-order valence-corrected chi connectivity index (χ4v) is 5.03. The van der Waals surface area contributed by atoms with Crippen LogP contribution in [-0.2, 0) is 0 Å². The van der Waals surface area contributed by atoms with Crippen molar-refractivity contribution in [3.8, 4) is 11.5 Å². The van der Waals surface area contributed by atoms with Gasteiger partial charge >= 0.3 is 12.6 Å². The highest BCUT2D eigenvalue weighted by Gasteiger charge is 2.22. The van der Waals surface area contributed by atoms with E-state index in [4.69, 9.17) is 4.74 Å². The smallest absolute Gasteiger partial charge is 0.387 e. The van der Waals surface area contributed by atoms with Gasteiger partial charge in [0.2, 0.25) is 0 Å². The molecule has 0 aliphatic heterocycles. The number of rotatable bonds is 9. The van der Waals surface area contributed by atoms with Gasteiger partial charge in [0, 0.05) is 5.39 Å². The van der Waals surface area contributed by atoms with Crippen LogP contribution in [0.15, 0.2) is 54.6 Å². The van der Waals surface area contributed by atoms with Gasteiger partial charge in [0.15, 0.2) is 11.6 Å². The van der Waals surface area contributed by atoms with Gasteiger partial charge in [0.1, 0.15) is 5.75 Å². The van der Waals surface area contributed by atoms with E-state index in [0.29, 0.717) is 16.9 Å². The average Bonchev–Trinajstić information content (AvgIpc) is 2.86. The molecule has 0 unspecified atom stereocenters. The molecule has 6 heteroatoms. The van der Waals surface area contributed by atoms with Gasteiger partial charge in [-0.1, -0.05) is 50.8 Å². The number of carbonyl (C=O) groups is 1. The topological polar surface area (TPSA) is 35.5 Å². The van der Waals surface area contributed by atoms with Gasteiger partial charge < -0.3 is 9.47 Å². The van der Waals surface area contributed by atoms with Gasteiger partial charge in [-0.3, -0.25) is 0 Å². The number of fused-ring (bicyclic) bond motifs is 1. The van der Waals surface area contributed by atoms with E-state index >= 15 is 0 Å². The van der Waals surface area contributed by atoms with E-state index in [9.17, 15) is 18.0 Å². The first-order valence-corrected chi connectivity index (χ1v) is 12.4. The fourth-order valence-electron chi connectivity index (χ4n) is 5.03.